The van der Waals surface area contributed by atoms with Crippen molar-refractivity contribution in [3.63, 3.8) is 0 Å². The number of benzene rings is 1. The third-order valence-corrected chi connectivity index (χ3v) is 4.11. The lowest BCUT2D eigenvalue weighted by atomic mass is 10.2. The van der Waals surface area contributed by atoms with Gasteiger partial charge in [-0.1, -0.05) is 23.2 Å². The minimum absolute atomic E-state index is 0.0512. The third-order valence-electron chi connectivity index (χ3n) is 3.70. The molecule has 29 heavy (non-hydrogen) atoms. The van der Waals surface area contributed by atoms with Crippen LogP contribution in [0.4, 0.5) is 15.0 Å². The molecule has 0 N–H and O–H groups in total. The topological polar surface area (TPSA) is 83.5 Å². The highest BCUT2D eigenvalue weighted by atomic mass is 35.5. The molecule has 2 aromatic heterocycles. The molecule has 1 amide bonds. The van der Waals surface area contributed by atoms with Crippen LogP contribution >= 0.6 is 23.2 Å². The first-order valence-corrected chi connectivity index (χ1v) is 9.23. The second kappa shape index (κ2) is 7.85. The van der Waals surface area contributed by atoms with Gasteiger partial charge in [0.05, 0.1) is 12.7 Å². The van der Waals surface area contributed by atoms with Crippen molar-refractivity contribution in [2.75, 3.05) is 4.90 Å². The van der Waals surface area contributed by atoms with Crippen molar-refractivity contribution in [3.05, 3.63) is 57.6 Å². The summed E-state index contributed by atoms with van der Waals surface area (Å²) in [5, 5.41) is 13.6. The van der Waals surface area contributed by atoms with E-state index in [1.54, 1.807) is 20.8 Å². The number of carbonyl (C=O) groups is 1. The van der Waals surface area contributed by atoms with E-state index in [9.17, 15) is 14.4 Å². The molecule has 0 atom stereocenters. The summed E-state index contributed by atoms with van der Waals surface area (Å²) in [6.07, 6.45) is 0.601. The van der Waals surface area contributed by atoms with Gasteiger partial charge in [0, 0.05) is 11.1 Å². The number of fused-ring (bicyclic) bond motifs is 1. The minimum Gasteiger partial charge on any atom is -0.443 e. The van der Waals surface area contributed by atoms with Crippen LogP contribution in [0.25, 0.3) is 5.65 Å². The van der Waals surface area contributed by atoms with Gasteiger partial charge in [0.15, 0.2) is 5.65 Å². The second-order valence-corrected chi connectivity index (χ2v) is 8.01. The molecule has 0 fully saturated rings. The molecular formula is C19H16Cl2FN5O2. The van der Waals surface area contributed by atoms with Crippen LogP contribution in [-0.4, -0.2) is 26.3 Å². The Morgan fingerprint density at radius 3 is 2.66 bits per heavy atom. The Morgan fingerprint density at radius 1 is 1.31 bits per heavy atom. The summed E-state index contributed by atoms with van der Waals surface area (Å²) in [6, 6.07) is 7.33. The molecule has 2 heterocycles. The maximum atomic E-state index is 13.8. The van der Waals surface area contributed by atoms with Crippen LogP contribution in [0.2, 0.25) is 10.2 Å². The molecule has 0 aliphatic carbocycles. The van der Waals surface area contributed by atoms with Gasteiger partial charge in [-0.3, -0.25) is 4.90 Å². The molecule has 1 aromatic carbocycles. The highest BCUT2D eigenvalue weighted by Gasteiger charge is 2.27. The smallest absolute Gasteiger partial charge is 0.416 e. The first kappa shape index (κ1) is 20.8. The number of ether oxygens (including phenoxy) is 1. The average Bonchev–Trinajstić information content (AvgIpc) is 2.99. The van der Waals surface area contributed by atoms with E-state index in [-0.39, 0.29) is 33.7 Å². The molecule has 150 valence electrons. The fourth-order valence-electron chi connectivity index (χ4n) is 2.63. The van der Waals surface area contributed by atoms with Gasteiger partial charge in [0.1, 0.15) is 34.0 Å². The summed E-state index contributed by atoms with van der Waals surface area (Å²) in [7, 11) is 0. The Balaban J connectivity index is 2.15. The summed E-state index contributed by atoms with van der Waals surface area (Å²) in [6.45, 7) is 5.08. The number of rotatable bonds is 3. The van der Waals surface area contributed by atoms with Crippen LogP contribution in [0, 0.1) is 17.1 Å². The largest absolute Gasteiger partial charge is 0.443 e. The monoisotopic (exact) mass is 435 g/mol. The number of aromatic nitrogens is 3. The SMILES string of the molecule is CC(C)(C)OC(=O)N(Cc1cc(F)cc(Cl)c1)c1cc(Cl)nc2c(C#N)cnn12. The summed E-state index contributed by atoms with van der Waals surface area (Å²) in [5.41, 5.74) is 0.00870. The number of hydrogen-bond acceptors (Lipinski definition) is 5. The van der Waals surface area contributed by atoms with Crippen LogP contribution < -0.4 is 4.90 Å². The predicted octanol–water partition coefficient (Wildman–Crippen LogP) is 4.99. The molecule has 0 spiro atoms. The molecule has 0 saturated carbocycles. The van der Waals surface area contributed by atoms with Gasteiger partial charge in [-0.2, -0.15) is 14.9 Å². The van der Waals surface area contributed by atoms with Crippen LogP contribution in [0.1, 0.15) is 31.9 Å². The van der Waals surface area contributed by atoms with E-state index in [2.05, 4.69) is 10.1 Å². The zero-order valence-electron chi connectivity index (χ0n) is 15.8. The molecule has 0 saturated heterocycles. The van der Waals surface area contributed by atoms with Gasteiger partial charge in [0.25, 0.3) is 0 Å². The van der Waals surface area contributed by atoms with Crippen molar-refractivity contribution in [2.45, 2.75) is 32.9 Å². The summed E-state index contributed by atoms with van der Waals surface area (Å²) >= 11 is 12.1. The summed E-state index contributed by atoms with van der Waals surface area (Å²) in [4.78, 5) is 18.3. The fraction of sp³-hybridized carbons (Fsp3) is 0.263. The third kappa shape index (κ3) is 4.75. The normalized spacial score (nSPS) is 11.3. The number of anilines is 1. The van der Waals surface area contributed by atoms with Crippen molar-refractivity contribution in [2.24, 2.45) is 0 Å². The molecule has 0 unspecified atom stereocenters. The van der Waals surface area contributed by atoms with Crippen molar-refractivity contribution in [1.29, 1.82) is 5.26 Å². The van der Waals surface area contributed by atoms with E-state index in [0.717, 1.165) is 6.07 Å². The van der Waals surface area contributed by atoms with E-state index in [0.29, 0.717) is 5.56 Å². The molecule has 10 heteroatoms. The predicted molar refractivity (Wildman–Crippen MR) is 107 cm³/mol. The Kier molecular flexibility index (Phi) is 5.64. The molecule has 7 nitrogen and oxygen atoms in total. The number of hydrogen-bond donors (Lipinski definition) is 0. The molecule has 3 rings (SSSR count). The zero-order chi connectivity index (χ0) is 21.3. The highest BCUT2D eigenvalue weighted by molar-refractivity contribution is 6.30. The zero-order valence-corrected chi connectivity index (χ0v) is 17.3. The lowest BCUT2D eigenvalue weighted by Gasteiger charge is -2.27. The summed E-state index contributed by atoms with van der Waals surface area (Å²) < 4.78 is 20.6. The maximum Gasteiger partial charge on any atom is 0.416 e. The standard InChI is InChI=1S/C19H16Cl2FN5O2/c1-19(2,3)29-18(28)26(10-11-4-13(20)6-14(22)5-11)16-7-15(21)25-17-12(8-23)9-24-27(16)17/h4-7,9H,10H2,1-3H3. The van der Waals surface area contributed by atoms with Gasteiger partial charge >= 0.3 is 6.09 Å². The van der Waals surface area contributed by atoms with Gasteiger partial charge < -0.3 is 4.74 Å². The van der Waals surface area contributed by atoms with Crippen LogP contribution in [0.3, 0.4) is 0 Å². The van der Waals surface area contributed by atoms with Crippen molar-refractivity contribution < 1.29 is 13.9 Å². The number of carbonyl (C=O) groups excluding carboxylic acids is 1. The van der Waals surface area contributed by atoms with Gasteiger partial charge in [-0.15, -0.1) is 0 Å². The fourth-order valence-corrected chi connectivity index (χ4v) is 3.05. The van der Waals surface area contributed by atoms with E-state index in [4.69, 9.17) is 27.9 Å². The molecule has 0 bridgehead atoms. The Hall–Kier alpha value is -2.89. The number of nitriles is 1. The van der Waals surface area contributed by atoms with Crippen LogP contribution in [0.5, 0.6) is 0 Å². The van der Waals surface area contributed by atoms with Gasteiger partial charge in [-0.25, -0.2) is 14.2 Å². The molecule has 0 radical (unpaired) electrons. The maximum absolute atomic E-state index is 13.8. The quantitative estimate of drug-likeness (QED) is 0.541. The number of nitrogens with zero attached hydrogens (tertiary/aromatic N) is 5. The average molecular weight is 436 g/mol. The Morgan fingerprint density at radius 2 is 2.03 bits per heavy atom. The van der Waals surface area contributed by atoms with Gasteiger partial charge in [-0.05, 0) is 44.5 Å². The molecule has 3 aromatic rings. The van der Waals surface area contributed by atoms with Crippen LogP contribution in [0.15, 0.2) is 30.5 Å². The van der Waals surface area contributed by atoms with Gasteiger partial charge in [0.2, 0.25) is 0 Å². The lowest BCUT2D eigenvalue weighted by Crippen LogP contribution is -2.37. The van der Waals surface area contributed by atoms with E-state index in [1.165, 1.54) is 33.8 Å². The van der Waals surface area contributed by atoms with E-state index < -0.39 is 17.5 Å². The Labute approximate surface area is 176 Å². The van der Waals surface area contributed by atoms with E-state index >= 15 is 0 Å². The first-order valence-electron chi connectivity index (χ1n) is 8.47. The highest BCUT2D eigenvalue weighted by Crippen LogP contribution is 2.26. The number of amides is 1. The lowest BCUT2D eigenvalue weighted by molar-refractivity contribution is 0.0575. The first-order chi connectivity index (χ1) is 13.6. The minimum atomic E-state index is -0.785. The number of halogens is 3. The second-order valence-electron chi connectivity index (χ2n) is 7.19. The van der Waals surface area contributed by atoms with Crippen LogP contribution in [-0.2, 0) is 11.3 Å². The van der Waals surface area contributed by atoms with Crippen molar-refractivity contribution in [1.82, 2.24) is 14.6 Å². The molecule has 0 aliphatic heterocycles. The Bertz CT molecular complexity index is 1110. The molecular weight excluding hydrogens is 420 g/mol. The summed E-state index contributed by atoms with van der Waals surface area (Å²) in [5.74, 6) is -0.337. The van der Waals surface area contributed by atoms with Crippen molar-refractivity contribution >= 4 is 40.8 Å². The molecule has 0 aliphatic rings. The van der Waals surface area contributed by atoms with E-state index in [1.807, 2.05) is 6.07 Å². The van der Waals surface area contributed by atoms with Crippen molar-refractivity contribution in [3.8, 4) is 6.07 Å².